The second-order valence-electron chi connectivity index (χ2n) is 2.18. The Labute approximate surface area is 76.2 Å². The number of thioether (sulfide) groups is 1. The van der Waals surface area contributed by atoms with Crippen LogP contribution in [0.5, 0.6) is 5.75 Å². The first-order valence-corrected chi connectivity index (χ1v) is 4.66. The maximum Gasteiger partial charge on any atom is 0.133 e. The van der Waals surface area contributed by atoms with E-state index in [0.29, 0.717) is 5.56 Å². The molecule has 2 nitrogen and oxygen atoms in total. The summed E-state index contributed by atoms with van der Waals surface area (Å²) in [6.07, 6.45) is 1.98. The molecule has 0 amide bonds. The molecular weight excluding hydrogens is 170 g/mol. The lowest BCUT2D eigenvalue weighted by Crippen LogP contribution is -1.86. The molecule has 0 fully saturated rings. The van der Waals surface area contributed by atoms with Gasteiger partial charge in [0.1, 0.15) is 5.75 Å². The van der Waals surface area contributed by atoms with Gasteiger partial charge in [-0.25, -0.2) is 0 Å². The maximum absolute atomic E-state index is 8.61. The molecule has 0 spiro atoms. The van der Waals surface area contributed by atoms with Gasteiger partial charge in [-0.3, -0.25) is 0 Å². The summed E-state index contributed by atoms with van der Waals surface area (Å²) in [6.45, 7) is 0. The lowest BCUT2D eigenvalue weighted by Gasteiger charge is -2.04. The van der Waals surface area contributed by atoms with Crippen molar-refractivity contribution in [1.29, 1.82) is 5.26 Å². The predicted molar refractivity (Wildman–Crippen MR) is 49.5 cm³/mol. The van der Waals surface area contributed by atoms with Gasteiger partial charge < -0.3 is 4.74 Å². The molecule has 0 saturated heterocycles. The van der Waals surface area contributed by atoms with Gasteiger partial charge >= 0.3 is 0 Å². The summed E-state index contributed by atoms with van der Waals surface area (Å²) in [5.41, 5.74) is 0.629. The molecule has 12 heavy (non-hydrogen) atoms. The number of methoxy groups -OCH3 is 1. The third-order valence-corrected chi connectivity index (χ3v) is 2.29. The second-order valence-corrected chi connectivity index (χ2v) is 3.03. The van der Waals surface area contributed by atoms with Crippen LogP contribution in [0.2, 0.25) is 0 Å². The van der Waals surface area contributed by atoms with Crippen LogP contribution in [-0.2, 0) is 0 Å². The van der Waals surface area contributed by atoms with Crippen molar-refractivity contribution in [3.63, 3.8) is 0 Å². The molecule has 0 N–H and O–H groups in total. The highest BCUT2D eigenvalue weighted by Crippen LogP contribution is 2.27. The van der Waals surface area contributed by atoms with Crippen molar-refractivity contribution in [1.82, 2.24) is 0 Å². The summed E-state index contributed by atoms with van der Waals surface area (Å²) >= 11 is 1.60. The van der Waals surface area contributed by atoms with Gasteiger partial charge in [-0.2, -0.15) is 5.26 Å². The molecule has 0 aliphatic carbocycles. The van der Waals surface area contributed by atoms with E-state index in [1.807, 2.05) is 12.3 Å². The quantitative estimate of drug-likeness (QED) is 0.653. The molecule has 1 aromatic rings. The number of ether oxygens (including phenoxy) is 1. The summed E-state index contributed by atoms with van der Waals surface area (Å²) in [5, 5.41) is 8.61. The van der Waals surface area contributed by atoms with Gasteiger partial charge in [0.05, 0.1) is 18.7 Å². The van der Waals surface area contributed by atoms with Crippen molar-refractivity contribution >= 4 is 11.8 Å². The molecule has 0 saturated carbocycles. The Bertz CT molecular complexity index is 317. The minimum Gasteiger partial charge on any atom is -0.496 e. The summed E-state index contributed by atoms with van der Waals surface area (Å²) < 4.78 is 5.11. The van der Waals surface area contributed by atoms with E-state index in [1.54, 1.807) is 31.0 Å². The zero-order valence-electron chi connectivity index (χ0n) is 7.00. The number of hydrogen-bond acceptors (Lipinski definition) is 3. The van der Waals surface area contributed by atoms with Crippen LogP contribution in [0.4, 0.5) is 0 Å². The lowest BCUT2D eigenvalue weighted by molar-refractivity contribution is 0.404. The summed E-state index contributed by atoms with van der Waals surface area (Å²) in [5.74, 6) is 0.765. The van der Waals surface area contributed by atoms with E-state index < -0.39 is 0 Å². The molecule has 0 aliphatic heterocycles. The molecule has 0 aromatic heterocycles. The van der Waals surface area contributed by atoms with E-state index >= 15 is 0 Å². The zero-order valence-corrected chi connectivity index (χ0v) is 7.81. The highest BCUT2D eigenvalue weighted by Gasteiger charge is 2.01. The number of benzene rings is 1. The van der Waals surface area contributed by atoms with Crippen molar-refractivity contribution < 1.29 is 4.74 Å². The van der Waals surface area contributed by atoms with Crippen LogP contribution in [0.3, 0.4) is 0 Å². The summed E-state index contributed by atoms with van der Waals surface area (Å²) in [7, 11) is 1.61. The Balaban J connectivity index is 3.13. The van der Waals surface area contributed by atoms with E-state index in [0.717, 1.165) is 10.6 Å². The number of hydrogen-bond donors (Lipinski definition) is 0. The average Bonchev–Trinajstić information content (AvgIpc) is 2.16. The van der Waals surface area contributed by atoms with E-state index in [-0.39, 0.29) is 0 Å². The highest BCUT2D eigenvalue weighted by molar-refractivity contribution is 7.98. The first-order chi connectivity index (χ1) is 5.81. The minimum atomic E-state index is 0.629. The Hall–Kier alpha value is -1.14. The zero-order chi connectivity index (χ0) is 8.97. The van der Waals surface area contributed by atoms with Gasteiger partial charge in [0.2, 0.25) is 0 Å². The van der Waals surface area contributed by atoms with Crippen LogP contribution in [-0.4, -0.2) is 13.4 Å². The van der Waals surface area contributed by atoms with Crippen molar-refractivity contribution in [2.45, 2.75) is 4.90 Å². The van der Waals surface area contributed by atoms with Gasteiger partial charge in [0, 0.05) is 4.90 Å². The van der Waals surface area contributed by atoms with Gasteiger partial charge in [-0.1, -0.05) is 0 Å². The van der Waals surface area contributed by atoms with Gasteiger partial charge in [0.15, 0.2) is 0 Å². The maximum atomic E-state index is 8.61. The summed E-state index contributed by atoms with van der Waals surface area (Å²) in [4.78, 5) is 1.05. The number of rotatable bonds is 2. The second kappa shape index (κ2) is 4.03. The molecule has 0 bridgehead atoms. The topological polar surface area (TPSA) is 33.0 Å². The van der Waals surface area contributed by atoms with Crippen LogP contribution >= 0.6 is 11.8 Å². The Kier molecular flexibility index (Phi) is 3.01. The molecule has 0 atom stereocenters. The Morgan fingerprint density at radius 2 is 2.25 bits per heavy atom. The van der Waals surface area contributed by atoms with E-state index in [2.05, 4.69) is 6.07 Å². The van der Waals surface area contributed by atoms with E-state index in [9.17, 15) is 0 Å². The number of nitrogens with zero attached hydrogens (tertiary/aromatic N) is 1. The average molecular weight is 179 g/mol. The molecule has 1 rings (SSSR count). The predicted octanol–water partition coefficient (Wildman–Crippen LogP) is 2.29. The van der Waals surface area contributed by atoms with E-state index in [1.165, 1.54) is 0 Å². The van der Waals surface area contributed by atoms with Crippen LogP contribution in [0, 0.1) is 11.3 Å². The van der Waals surface area contributed by atoms with Crippen LogP contribution < -0.4 is 4.74 Å². The van der Waals surface area contributed by atoms with E-state index in [4.69, 9.17) is 10.00 Å². The fraction of sp³-hybridized carbons (Fsp3) is 0.222. The first kappa shape index (κ1) is 8.95. The molecule has 3 heteroatoms. The highest BCUT2D eigenvalue weighted by atomic mass is 32.2. The van der Waals surface area contributed by atoms with Crippen molar-refractivity contribution in [3.8, 4) is 11.8 Å². The largest absolute Gasteiger partial charge is 0.496 e. The Morgan fingerprint density at radius 1 is 1.50 bits per heavy atom. The third kappa shape index (κ3) is 1.72. The number of nitriles is 1. The normalized spacial score (nSPS) is 9.08. The molecule has 62 valence electrons. The SMILES string of the molecule is COc1cc(C#N)ccc1SC. The first-order valence-electron chi connectivity index (χ1n) is 3.44. The molecule has 0 heterocycles. The van der Waals surface area contributed by atoms with Crippen LogP contribution in [0.25, 0.3) is 0 Å². The minimum absolute atomic E-state index is 0.629. The van der Waals surface area contributed by atoms with Crippen molar-refractivity contribution in [2.24, 2.45) is 0 Å². The van der Waals surface area contributed by atoms with Crippen molar-refractivity contribution in [3.05, 3.63) is 23.8 Å². The molecule has 1 aromatic carbocycles. The van der Waals surface area contributed by atoms with Gasteiger partial charge in [-0.15, -0.1) is 11.8 Å². The standard InChI is InChI=1S/C9H9NOS/c1-11-8-5-7(6-10)3-4-9(8)12-2/h3-5H,1-2H3. The molecule has 0 unspecified atom stereocenters. The van der Waals surface area contributed by atoms with Gasteiger partial charge in [-0.05, 0) is 24.5 Å². The van der Waals surface area contributed by atoms with Crippen LogP contribution in [0.1, 0.15) is 5.56 Å². The summed E-state index contributed by atoms with van der Waals surface area (Å²) in [6, 6.07) is 7.48. The fourth-order valence-electron chi connectivity index (χ4n) is 0.906. The Morgan fingerprint density at radius 3 is 2.75 bits per heavy atom. The molecular formula is C9H9NOS. The third-order valence-electron chi connectivity index (χ3n) is 1.51. The van der Waals surface area contributed by atoms with Crippen molar-refractivity contribution in [2.75, 3.05) is 13.4 Å². The molecule has 0 radical (unpaired) electrons. The lowest BCUT2D eigenvalue weighted by atomic mass is 10.2. The smallest absolute Gasteiger partial charge is 0.133 e. The van der Waals surface area contributed by atoms with Crippen LogP contribution in [0.15, 0.2) is 23.1 Å². The molecule has 0 aliphatic rings. The fourth-order valence-corrected chi connectivity index (χ4v) is 1.45. The monoisotopic (exact) mass is 179 g/mol. The van der Waals surface area contributed by atoms with Gasteiger partial charge in [0.25, 0.3) is 0 Å².